The fraction of sp³-hybridized carbons (Fsp3) is 0.476. The molecule has 1 amide bonds. The monoisotopic (exact) mass is 403 g/mol. The summed E-state index contributed by atoms with van der Waals surface area (Å²) in [6.07, 6.45) is 5.37. The molecule has 2 aromatic rings. The minimum Gasteiger partial charge on any atom is -0.366 e. The number of nitrogens with zero attached hydrogens (tertiary/aromatic N) is 3. The second kappa shape index (κ2) is 8.71. The molecule has 1 aliphatic carbocycles. The van der Waals surface area contributed by atoms with Gasteiger partial charge in [0.15, 0.2) is 11.6 Å². The molecule has 1 aliphatic rings. The summed E-state index contributed by atoms with van der Waals surface area (Å²) in [5.74, 6) is -1.46. The van der Waals surface area contributed by atoms with Gasteiger partial charge in [0.05, 0.1) is 0 Å². The van der Waals surface area contributed by atoms with Gasteiger partial charge in [-0.1, -0.05) is 6.92 Å². The lowest BCUT2D eigenvalue weighted by Crippen LogP contribution is -2.28. The van der Waals surface area contributed by atoms with Crippen LogP contribution in [-0.2, 0) is 6.42 Å². The first-order valence-corrected chi connectivity index (χ1v) is 9.89. The molecule has 1 fully saturated rings. The lowest BCUT2D eigenvalue weighted by atomic mass is 9.79. The molecule has 1 saturated carbocycles. The van der Waals surface area contributed by atoms with Gasteiger partial charge in [-0.25, -0.2) is 13.8 Å². The summed E-state index contributed by atoms with van der Waals surface area (Å²) >= 11 is 0. The Hall–Kier alpha value is -2.77. The van der Waals surface area contributed by atoms with E-state index in [4.69, 9.17) is 5.73 Å². The number of nitrogens with two attached hydrogens (primary N) is 1. The number of aryl methyl sites for hydroxylation is 1. The maximum Gasteiger partial charge on any atom is 0.249 e. The Morgan fingerprint density at radius 1 is 1.24 bits per heavy atom. The Labute approximate surface area is 169 Å². The lowest BCUT2D eigenvalue weighted by molar-refractivity contribution is 0.0998. The van der Waals surface area contributed by atoms with E-state index < -0.39 is 17.5 Å². The maximum absolute atomic E-state index is 14.4. The van der Waals surface area contributed by atoms with Gasteiger partial charge in [-0.2, -0.15) is 4.98 Å². The average Bonchev–Trinajstić information content (AvgIpc) is 2.70. The third-order valence-electron chi connectivity index (χ3n) is 5.51. The molecular formula is C21H27F2N5O. The van der Waals surface area contributed by atoms with E-state index in [0.717, 1.165) is 36.7 Å². The van der Waals surface area contributed by atoms with Crippen molar-refractivity contribution < 1.29 is 13.6 Å². The SMILES string of the molecule is CCc1cnc(NC2CCC(c3c(C(N)=O)ccc(F)c3F)CC2)nc1N(C)C. The minimum absolute atomic E-state index is 0.0643. The van der Waals surface area contributed by atoms with Crippen molar-refractivity contribution in [2.24, 2.45) is 5.73 Å². The van der Waals surface area contributed by atoms with Crippen LogP contribution in [0.4, 0.5) is 20.5 Å². The van der Waals surface area contributed by atoms with Crippen molar-refractivity contribution in [3.8, 4) is 0 Å². The van der Waals surface area contributed by atoms with E-state index >= 15 is 0 Å². The van der Waals surface area contributed by atoms with Gasteiger partial charge in [0.25, 0.3) is 0 Å². The fourth-order valence-corrected chi connectivity index (χ4v) is 3.99. The van der Waals surface area contributed by atoms with Crippen LogP contribution in [0.5, 0.6) is 0 Å². The lowest BCUT2D eigenvalue weighted by Gasteiger charge is -2.30. The van der Waals surface area contributed by atoms with Crippen molar-refractivity contribution in [1.82, 2.24) is 9.97 Å². The van der Waals surface area contributed by atoms with Crippen LogP contribution in [0.1, 0.15) is 60.0 Å². The van der Waals surface area contributed by atoms with E-state index in [9.17, 15) is 13.6 Å². The smallest absolute Gasteiger partial charge is 0.249 e. The molecule has 0 saturated heterocycles. The van der Waals surface area contributed by atoms with Crippen LogP contribution in [0.15, 0.2) is 18.3 Å². The standard InChI is InChI=1S/C21H27F2N5O/c1-4-12-11-25-21(27-20(12)28(2)3)26-14-7-5-13(6-8-14)17-15(19(24)29)9-10-16(22)18(17)23/h9-11,13-14H,4-8H2,1-3H3,(H2,24,29)(H,25,26,27). The number of amides is 1. The molecule has 1 aromatic carbocycles. The first kappa shape index (κ1) is 21.0. The highest BCUT2D eigenvalue weighted by Crippen LogP contribution is 2.37. The van der Waals surface area contributed by atoms with Crippen LogP contribution >= 0.6 is 0 Å². The van der Waals surface area contributed by atoms with Crippen molar-refractivity contribution in [2.45, 2.75) is 51.0 Å². The number of nitrogens with one attached hydrogen (secondary N) is 1. The Morgan fingerprint density at radius 2 is 1.93 bits per heavy atom. The van der Waals surface area contributed by atoms with Crippen LogP contribution in [0.25, 0.3) is 0 Å². The van der Waals surface area contributed by atoms with E-state index in [1.54, 1.807) is 0 Å². The van der Waals surface area contributed by atoms with E-state index in [0.29, 0.717) is 18.8 Å². The quantitative estimate of drug-likeness (QED) is 0.770. The molecule has 29 heavy (non-hydrogen) atoms. The van der Waals surface area contributed by atoms with Crippen molar-refractivity contribution in [2.75, 3.05) is 24.3 Å². The van der Waals surface area contributed by atoms with Crippen molar-refractivity contribution in [3.63, 3.8) is 0 Å². The molecule has 6 nitrogen and oxygen atoms in total. The third kappa shape index (κ3) is 4.46. The molecule has 3 rings (SSSR count). The second-order valence-corrected chi connectivity index (χ2v) is 7.67. The van der Waals surface area contributed by atoms with E-state index in [2.05, 4.69) is 22.2 Å². The van der Waals surface area contributed by atoms with Crippen molar-refractivity contribution in [1.29, 1.82) is 0 Å². The number of halogens is 2. The van der Waals surface area contributed by atoms with Crippen LogP contribution in [-0.4, -0.2) is 36.0 Å². The molecule has 0 aliphatic heterocycles. The highest BCUT2D eigenvalue weighted by molar-refractivity contribution is 5.94. The normalized spacial score (nSPS) is 19.1. The van der Waals surface area contributed by atoms with Gasteiger partial charge in [-0.3, -0.25) is 4.79 Å². The molecule has 156 valence electrons. The number of rotatable bonds is 6. The molecule has 1 heterocycles. The highest BCUT2D eigenvalue weighted by atomic mass is 19.2. The molecule has 1 aromatic heterocycles. The Balaban J connectivity index is 1.72. The number of hydrogen-bond acceptors (Lipinski definition) is 5. The summed E-state index contributed by atoms with van der Waals surface area (Å²) in [7, 11) is 3.89. The number of primary amides is 1. The number of benzene rings is 1. The van der Waals surface area contributed by atoms with Gasteiger partial charge in [0.1, 0.15) is 5.82 Å². The molecule has 3 N–H and O–H groups in total. The predicted octanol–water partition coefficient (Wildman–Crippen LogP) is 3.62. The van der Waals surface area contributed by atoms with E-state index in [1.165, 1.54) is 6.07 Å². The number of hydrogen-bond donors (Lipinski definition) is 2. The largest absolute Gasteiger partial charge is 0.366 e. The number of aromatic nitrogens is 2. The molecule has 8 heteroatoms. The molecular weight excluding hydrogens is 376 g/mol. The first-order valence-electron chi connectivity index (χ1n) is 9.89. The molecule has 0 atom stereocenters. The number of anilines is 2. The topological polar surface area (TPSA) is 84.1 Å². The summed E-state index contributed by atoms with van der Waals surface area (Å²) < 4.78 is 28.2. The molecule has 0 spiro atoms. The Bertz CT molecular complexity index is 895. The molecule has 0 radical (unpaired) electrons. The van der Waals surface area contributed by atoms with Gasteiger partial charge in [0.2, 0.25) is 11.9 Å². The summed E-state index contributed by atoms with van der Waals surface area (Å²) in [4.78, 5) is 22.6. The van der Waals surface area contributed by atoms with Crippen LogP contribution in [0.3, 0.4) is 0 Å². The van der Waals surface area contributed by atoms with Crippen LogP contribution < -0.4 is 16.0 Å². The fourth-order valence-electron chi connectivity index (χ4n) is 3.99. The average molecular weight is 403 g/mol. The Kier molecular flexibility index (Phi) is 6.30. The van der Waals surface area contributed by atoms with Crippen LogP contribution in [0, 0.1) is 11.6 Å². The number of carbonyl (C=O) groups is 1. The van der Waals surface area contributed by atoms with Gasteiger partial charge in [0, 0.05) is 43.0 Å². The highest BCUT2D eigenvalue weighted by Gasteiger charge is 2.29. The predicted molar refractivity (Wildman–Crippen MR) is 109 cm³/mol. The van der Waals surface area contributed by atoms with E-state index in [1.807, 2.05) is 25.2 Å². The zero-order valence-electron chi connectivity index (χ0n) is 17.0. The van der Waals surface area contributed by atoms with E-state index in [-0.39, 0.29) is 23.1 Å². The zero-order valence-corrected chi connectivity index (χ0v) is 17.0. The summed E-state index contributed by atoms with van der Waals surface area (Å²) in [6, 6.07) is 2.35. The second-order valence-electron chi connectivity index (χ2n) is 7.67. The molecule has 0 unspecified atom stereocenters. The summed E-state index contributed by atoms with van der Waals surface area (Å²) in [5, 5.41) is 3.35. The minimum atomic E-state index is -0.966. The first-order chi connectivity index (χ1) is 13.8. The van der Waals surface area contributed by atoms with Gasteiger partial charge in [-0.05, 0) is 50.2 Å². The number of carbonyl (C=O) groups excluding carboxylic acids is 1. The summed E-state index contributed by atoms with van der Waals surface area (Å²) in [6.45, 7) is 2.06. The summed E-state index contributed by atoms with van der Waals surface area (Å²) in [5.41, 5.74) is 6.62. The van der Waals surface area contributed by atoms with Gasteiger partial charge >= 0.3 is 0 Å². The van der Waals surface area contributed by atoms with Crippen molar-refractivity contribution in [3.05, 3.63) is 46.7 Å². The van der Waals surface area contributed by atoms with Gasteiger partial charge < -0.3 is 16.0 Å². The Morgan fingerprint density at radius 3 is 2.52 bits per heavy atom. The third-order valence-corrected chi connectivity index (χ3v) is 5.51. The zero-order chi connectivity index (χ0) is 21.1. The maximum atomic E-state index is 14.4. The van der Waals surface area contributed by atoms with Gasteiger partial charge in [-0.15, -0.1) is 0 Å². The van der Waals surface area contributed by atoms with Crippen LogP contribution in [0.2, 0.25) is 0 Å². The van der Waals surface area contributed by atoms with Crippen molar-refractivity contribution >= 4 is 17.7 Å². The molecule has 0 bridgehead atoms.